The van der Waals surface area contributed by atoms with Crippen molar-refractivity contribution in [1.29, 1.82) is 5.26 Å². The quantitative estimate of drug-likeness (QED) is 0.921. The van der Waals surface area contributed by atoms with Crippen molar-refractivity contribution in [3.05, 3.63) is 46.9 Å². The first-order valence-corrected chi connectivity index (χ1v) is 7.45. The van der Waals surface area contributed by atoms with Gasteiger partial charge in [-0.1, -0.05) is 11.6 Å². The van der Waals surface area contributed by atoms with E-state index in [4.69, 9.17) is 22.6 Å². The summed E-state index contributed by atoms with van der Waals surface area (Å²) in [6.07, 6.45) is 1.20. The molecule has 1 aromatic carbocycles. The van der Waals surface area contributed by atoms with Gasteiger partial charge in [0, 0.05) is 5.02 Å². The molecule has 0 saturated heterocycles. The highest BCUT2D eigenvalue weighted by atomic mass is 35.5. The van der Waals surface area contributed by atoms with Crippen LogP contribution in [-0.2, 0) is 15.6 Å². The molecule has 6 nitrogen and oxygen atoms in total. The van der Waals surface area contributed by atoms with E-state index in [1.807, 2.05) is 6.07 Å². The molecule has 0 aliphatic heterocycles. The Labute approximate surface area is 120 Å². The predicted molar refractivity (Wildman–Crippen MR) is 73.5 cm³/mol. The molecular weight excluding hydrogens is 300 g/mol. The van der Waals surface area contributed by atoms with E-state index in [0.29, 0.717) is 5.02 Å². The lowest BCUT2D eigenvalue weighted by Gasteiger charge is -2.05. The average molecular weight is 309 g/mol. The lowest BCUT2D eigenvalue weighted by atomic mass is 10.3. The fourth-order valence-corrected chi connectivity index (χ4v) is 2.81. The molecule has 0 radical (unpaired) electrons. The molecule has 0 amide bonds. The van der Waals surface area contributed by atoms with Gasteiger partial charge in [-0.2, -0.15) is 5.26 Å². The number of halogens is 1. The van der Waals surface area contributed by atoms with E-state index >= 15 is 0 Å². The summed E-state index contributed by atoms with van der Waals surface area (Å²) < 4.78 is 24.3. The van der Waals surface area contributed by atoms with Crippen molar-refractivity contribution in [3.63, 3.8) is 0 Å². The minimum atomic E-state index is -3.59. The fourth-order valence-electron chi connectivity index (χ4n) is 1.48. The van der Waals surface area contributed by atoms with Crippen LogP contribution in [0.15, 0.2) is 35.4 Å². The summed E-state index contributed by atoms with van der Waals surface area (Å²) in [5.74, 6) is -0.398. The zero-order valence-corrected chi connectivity index (χ0v) is 11.7. The van der Waals surface area contributed by atoms with Gasteiger partial charge in [-0.25, -0.2) is 18.4 Å². The van der Waals surface area contributed by atoms with E-state index in [0.717, 1.165) is 0 Å². The van der Waals surface area contributed by atoms with Crippen LogP contribution in [0.5, 0.6) is 0 Å². The standard InChI is InChI=1S/C12H9ClN4O2S/c13-9-1-3-10(4-2-9)20(18,19)7-11-16-6-8(5-14)12(15)17-11/h1-4,6H,7H2,(H2,15,16,17). The number of hydrogen-bond acceptors (Lipinski definition) is 6. The Balaban J connectivity index is 2.31. The summed E-state index contributed by atoms with van der Waals surface area (Å²) in [5.41, 5.74) is 5.63. The van der Waals surface area contributed by atoms with Crippen LogP contribution in [0.3, 0.4) is 0 Å². The molecule has 2 N–H and O–H groups in total. The highest BCUT2D eigenvalue weighted by Gasteiger charge is 2.17. The van der Waals surface area contributed by atoms with Crippen molar-refractivity contribution in [2.45, 2.75) is 10.6 Å². The van der Waals surface area contributed by atoms with Crippen LogP contribution >= 0.6 is 11.6 Å². The first kappa shape index (κ1) is 14.2. The Morgan fingerprint density at radius 1 is 1.30 bits per heavy atom. The number of rotatable bonds is 3. The van der Waals surface area contributed by atoms with Gasteiger partial charge in [0.25, 0.3) is 0 Å². The summed E-state index contributed by atoms with van der Waals surface area (Å²) in [6, 6.07) is 7.60. The Kier molecular flexibility index (Phi) is 3.88. The van der Waals surface area contributed by atoms with Crippen molar-refractivity contribution < 1.29 is 8.42 Å². The average Bonchev–Trinajstić information content (AvgIpc) is 2.39. The largest absolute Gasteiger partial charge is 0.382 e. The molecule has 0 aliphatic rings. The van der Waals surface area contributed by atoms with Crippen molar-refractivity contribution >= 4 is 27.3 Å². The Hall–Kier alpha value is -2.17. The van der Waals surface area contributed by atoms with Crippen LogP contribution in [0.1, 0.15) is 11.4 Å². The molecule has 2 aromatic rings. The second-order valence-corrected chi connectivity index (χ2v) is 6.34. The maximum Gasteiger partial charge on any atom is 0.185 e. The van der Waals surface area contributed by atoms with Crippen LogP contribution in [0.4, 0.5) is 5.82 Å². The first-order chi connectivity index (χ1) is 9.42. The van der Waals surface area contributed by atoms with E-state index in [1.54, 1.807) is 0 Å². The number of sulfone groups is 1. The van der Waals surface area contributed by atoms with Gasteiger partial charge in [0.05, 0.1) is 11.1 Å². The SMILES string of the molecule is N#Cc1cnc(CS(=O)(=O)c2ccc(Cl)cc2)nc1N. The Morgan fingerprint density at radius 2 is 1.95 bits per heavy atom. The molecule has 0 bridgehead atoms. The predicted octanol–water partition coefficient (Wildman–Crippen LogP) is 1.56. The van der Waals surface area contributed by atoms with E-state index in [1.165, 1.54) is 30.5 Å². The first-order valence-electron chi connectivity index (χ1n) is 5.42. The van der Waals surface area contributed by atoms with Gasteiger partial charge in [-0.05, 0) is 24.3 Å². The van der Waals surface area contributed by atoms with Gasteiger partial charge in [-0.3, -0.25) is 0 Å². The monoisotopic (exact) mass is 308 g/mol. The smallest absolute Gasteiger partial charge is 0.185 e. The van der Waals surface area contributed by atoms with E-state index in [2.05, 4.69) is 9.97 Å². The molecule has 0 saturated carbocycles. The molecule has 0 unspecified atom stereocenters. The molecule has 1 heterocycles. The third-order valence-electron chi connectivity index (χ3n) is 2.48. The summed E-state index contributed by atoms with van der Waals surface area (Å²) >= 11 is 5.71. The number of nitrogens with two attached hydrogens (primary N) is 1. The molecule has 8 heteroatoms. The lowest BCUT2D eigenvalue weighted by molar-refractivity contribution is 0.594. The molecule has 102 valence electrons. The van der Waals surface area contributed by atoms with E-state index in [9.17, 15) is 8.42 Å². The van der Waals surface area contributed by atoms with Crippen LogP contribution in [-0.4, -0.2) is 18.4 Å². The maximum atomic E-state index is 12.1. The molecule has 20 heavy (non-hydrogen) atoms. The minimum absolute atomic E-state index is 0.0381. The highest BCUT2D eigenvalue weighted by molar-refractivity contribution is 7.90. The van der Waals surface area contributed by atoms with Crippen molar-refractivity contribution in [2.24, 2.45) is 0 Å². The number of nitrogen functional groups attached to an aromatic ring is 1. The third-order valence-corrected chi connectivity index (χ3v) is 4.36. The molecule has 0 fully saturated rings. The topological polar surface area (TPSA) is 110 Å². The van der Waals surface area contributed by atoms with Gasteiger partial charge in [0.15, 0.2) is 9.84 Å². The number of hydrogen-bond donors (Lipinski definition) is 1. The molecule has 0 spiro atoms. The van der Waals surface area contributed by atoms with Crippen LogP contribution in [0.2, 0.25) is 5.02 Å². The Bertz CT molecular complexity index is 782. The van der Waals surface area contributed by atoms with Crippen LogP contribution in [0, 0.1) is 11.3 Å². The maximum absolute atomic E-state index is 12.1. The minimum Gasteiger partial charge on any atom is -0.382 e. The van der Waals surface area contributed by atoms with Crippen molar-refractivity contribution in [3.8, 4) is 6.07 Å². The van der Waals surface area contributed by atoms with Crippen LogP contribution < -0.4 is 5.73 Å². The van der Waals surface area contributed by atoms with Crippen molar-refractivity contribution in [2.75, 3.05) is 5.73 Å². The molecular formula is C12H9ClN4O2S. The third kappa shape index (κ3) is 3.04. The van der Waals surface area contributed by atoms with Crippen molar-refractivity contribution in [1.82, 2.24) is 9.97 Å². The van der Waals surface area contributed by atoms with Gasteiger partial charge < -0.3 is 5.73 Å². The molecule has 1 aromatic heterocycles. The summed E-state index contributed by atoms with van der Waals surface area (Å²) in [4.78, 5) is 7.75. The molecule has 0 atom stereocenters. The summed E-state index contributed by atoms with van der Waals surface area (Å²) in [7, 11) is -3.59. The number of benzene rings is 1. The normalized spacial score (nSPS) is 11.0. The summed E-state index contributed by atoms with van der Waals surface area (Å²) in [6.45, 7) is 0. The van der Waals surface area contributed by atoms with E-state index < -0.39 is 15.6 Å². The highest BCUT2D eigenvalue weighted by Crippen LogP contribution is 2.18. The Morgan fingerprint density at radius 3 is 2.50 bits per heavy atom. The lowest BCUT2D eigenvalue weighted by Crippen LogP contribution is -2.10. The second kappa shape index (κ2) is 5.45. The number of nitriles is 1. The van der Waals surface area contributed by atoms with Crippen LogP contribution in [0.25, 0.3) is 0 Å². The fraction of sp³-hybridized carbons (Fsp3) is 0.0833. The number of aromatic nitrogens is 2. The van der Waals surface area contributed by atoms with E-state index in [-0.39, 0.29) is 22.1 Å². The zero-order chi connectivity index (χ0) is 14.8. The van der Waals surface area contributed by atoms with Gasteiger partial charge in [0.1, 0.15) is 29.0 Å². The van der Waals surface area contributed by atoms with Gasteiger partial charge in [-0.15, -0.1) is 0 Å². The van der Waals surface area contributed by atoms with Gasteiger partial charge >= 0.3 is 0 Å². The zero-order valence-electron chi connectivity index (χ0n) is 10.1. The number of anilines is 1. The second-order valence-electron chi connectivity index (χ2n) is 3.91. The van der Waals surface area contributed by atoms with Gasteiger partial charge in [0.2, 0.25) is 0 Å². The molecule has 2 rings (SSSR count). The number of nitrogens with zero attached hydrogens (tertiary/aromatic N) is 3. The molecule has 0 aliphatic carbocycles. The summed E-state index contributed by atoms with van der Waals surface area (Å²) in [5, 5.41) is 9.15.